The molecule has 9 rings (SSSR count). The Labute approximate surface area is 331 Å². The van der Waals surface area contributed by atoms with Gasteiger partial charge in [0.05, 0.1) is 57.0 Å². The van der Waals surface area contributed by atoms with Crippen LogP contribution in [0.2, 0.25) is 0 Å². The molecule has 0 atom stereocenters. The van der Waals surface area contributed by atoms with Crippen molar-refractivity contribution in [3.63, 3.8) is 0 Å². The number of benzene rings is 4. The Kier molecular flexibility index (Phi) is 9.14. The Morgan fingerprint density at radius 3 is 1.28 bits per heavy atom. The summed E-state index contributed by atoms with van der Waals surface area (Å²) in [5, 5.41) is 1.80. The number of aromatic amines is 1. The molecule has 6 aromatic rings. The molecule has 0 fully saturated rings. The van der Waals surface area contributed by atoms with E-state index in [1.165, 1.54) is 0 Å². The molecule has 3 aliphatic heterocycles. The number of allylic oxidation sites excluding steroid dienone is 4. The summed E-state index contributed by atoms with van der Waals surface area (Å²) in [7, 11) is 8.83. The van der Waals surface area contributed by atoms with Gasteiger partial charge in [-0.1, -0.05) is 48.5 Å². The first-order valence-electron chi connectivity index (χ1n) is 18.7. The summed E-state index contributed by atoms with van der Waals surface area (Å²) >= 11 is 0. The van der Waals surface area contributed by atoms with Gasteiger partial charge in [0.25, 0.3) is 0 Å². The number of aliphatic imine (C=N–C) groups is 2. The predicted octanol–water partition coefficient (Wildman–Crippen LogP) is 8.04. The van der Waals surface area contributed by atoms with Gasteiger partial charge in [0.1, 0.15) is 23.0 Å². The second-order valence-corrected chi connectivity index (χ2v) is 13.9. The number of H-pyrrole nitrogens is 1. The highest BCUT2D eigenvalue weighted by Gasteiger charge is 2.25. The summed E-state index contributed by atoms with van der Waals surface area (Å²) < 4.78 is 25.0. The van der Waals surface area contributed by atoms with Crippen molar-refractivity contribution in [2.75, 3.05) is 28.4 Å². The number of aryl methyl sites for hydroxylation is 1. The maximum atomic E-state index is 5.73. The van der Waals surface area contributed by atoms with Crippen LogP contribution in [-0.2, 0) is 7.05 Å². The third kappa shape index (κ3) is 6.51. The van der Waals surface area contributed by atoms with Crippen LogP contribution in [0.1, 0.15) is 33.5 Å². The largest absolute Gasteiger partial charge is 0.497 e. The summed E-state index contributed by atoms with van der Waals surface area (Å²) in [6, 6.07) is 38.9. The number of methoxy groups -OCH3 is 4. The molecule has 0 saturated carbocycles. The number of nitrogens with zero attached hydrogens (tertiary/aromatic N) is 3. The Bertz CT molecular complexity index is 2910. The van der Waals surface area contributed by atoms with Crippen LogP contribution in [0.5, 0.6) is 23.0 Å². The van der Waals surface area contributed by atoms with Crippen molar-refractivity contribution in [1.82, 2.24) is 9.55 Å². The fourth-order valence-corrected chi connectivity index (χ4v) is 7.80. The van der Waals surface area contributed by atoms with Crippen LogP contribution in [0.15, 0.2) is 167 Å². The fourth-order valence-electron chi connectivity index (χ4n) is 7.80. The highest BCUT2D eigenvalue weighted by molar-refractivity contribution is 6.31. The summed E-state index contributed by atoms with van der Waals surface area (Å²) in [5.41, 5.74) is 13.0. The molecular formula is C49H40N4O4. The summed E-state index contributed by atoms with van der Waals surface area (Å²) in [5.74, 6) is 3.03. The molecule has 3 aliphatic rings. The van der Waals surface area contributed by atoms with Crippen LogP contribution in [0, 0.1) is 0 Å². The lowest BCUT2D eigenvalue weighted by molar-refractivity contribution is 0.414. The van der Waals surface area contributed by atoms with Crippen molar-refractivity contribution in [3.05, 3.63) is 201 Å². The molecule has 0 radical (unpaired) electrons. The van der Waals surface area contributed by atoms with Crippen molar-refractivity contribution in [1.29, 1.82) is 0 Å². The van der Waals surface area contributed by atoms with Gasteiger partial charge in [0.15, 0.2) is 0 Å². The van der Waals surface area contributed by atoms with E-state index in [1.807, 2.05) is 60.7 Å². The first kappa shape index (κ1) is 35.4. The highest BCUT2D eigenvalue weighted by Crippen LogP contribution is 2.39. The quantitative estimate of drug-likeness (QED) is 0.171. The molecule has 8 heteroatoms. The van der Waals surface area contributed by atoms with Crippen LogP contribution in [0.25, 0.3) is 22.3 Å². The second-order valence-electron chi connectivity index (χ2n) is 13.9. The average Bonchev–Trinajstić information content (AvgIpc) is 4.09. The minimum absolute atomic E-state index is 0.755. The Balaban J connectivity index is 1.43. The lowest BCUT2D eigenvalue weighted by Crippen LogP contribution is -2.21. The van der Waals surface area contributed by atoms with Crippen molar-refractivity contribution in [2.24, 2.45) is 17.0 Å². The van der Waals surface area contributed by atoms with E-state index in [-0.39, 0.29) is 0 Å². The topological polar surface area (TPSA) is 82.4 Å². The monoisotopic (exact) mass is 748 g/mol. The fraction of sp³-hybridized carbons (Fsp3) is 0.102. The van der Waals surface area contributed by atoms with Crippen LogP contribution in [-0.4, -0.2) is 49.4 Å². The molecule has 8 bridgehead atoms. The molecule has 0 aliphatic carbocycles. The first-order valence-corrected chi connectivity index (χ1v) is 18.7. The zero-order valence-corrected chi connectivity index (χ0v) is 32.3. The van der Waals surface area contributed by atoms with Gasteiger partial charge >= 0.3 is 0 Å². The SMILES string of the molecule is COc1cccc(C2=C3C=CC(=N3)C(c3cccc(OC)c3)=c3ccc([nH]3)=C(c3cccc(OC)c3)C3=NC(=C(c4cccc(OC)c4)c4cc2cn4C)C=C3)c1. The smallest absolute Gasteiger partial charge is 0.119 e. The molecule has 4 aromatic carbocycles. The van der Waals surface area contributed by atoms with Crippen LogP contribution in [0.4, 0.5) is 0 Å². The molecule has 2 aromatic heterocycles. The van der Waals surface area contributed by atoms with E-state index in [2.05, 4.69) is 102 Å². The maximum absolute atomic E-state index is 5.73. The molecule has 0 saturated heterocycles. The summed E-state index contributed by atoms with van der Waals surface area (Å²) in [6.45, 7) is 0. The maximum Gasteiger partial charge on any atom is 0.119 e. The van der Waals surface area contributed by atoms with E-state index in [9.17, 15) is 0 Å². The van der Waals surface area contributed by atoms with E-state index in [4.69, 9.17) is 28.9 Å². The average molecular weight is 749 g/mol. The van der Waals surface area contributed by atoms with Crippen molar-refractivity contribution in [2.45, 2.75) is 0 Å². The summed E-state index contributed by atoms with van der Waals surface area (Å²) in [4.78, 5) is 14.7. The third-order valence-electron chi connectivity index (χ3n) is 10.5. The van der Waals surface area contributed by atoms with E-state index in [0.29, 0.717) is 0 Å². The Morgan fingerprint density at radius 2 is 0.842 bits per heavy atom. The minimum Gasteiger partial charge on any atom is -0.497 e. The molecule has 280 valence electrons. The van der Waals surface area contributed by atoms with Gasteiger partial charge in [-0.25, -0.2) is 9.98 Å². The number of fused-ring (bicyclic) bond motifs is 6. The highest BCUT2D eigenvalue weighted by atomic mass is 16.5. The normalized spacial score (nSPS) is 14.6. The van der Waals surface area contributed by atoms with Crippen LogP contribution >= 0.6 is 0 Å². The van der Waals surface area contributed by atoms with Gasteiger partial charge in [-0.2, -0.15) is 0 Å². The van der Waals surface area contributed by atoms with Gasteiger partial charge < -0.3 is 28.5 Å². The van der Waals surface area contributed by atoms with Gasteiger partial charge in [0, 0.05) is 51.8 Å². The third-order valence-corrected chi connectivity index (χ3v) is 10.5. The van der Waals surface area contributed by atoms with E-state index in [0.717, 1.165) is 112 Å². The van der Waals surface area contributed by atoms with E-state index in [1.54, 1.807) is 28.4 Å². The molecule has 0 amide bonds. The molecule has 8 nitrogen and oxygen atoms in total. The number of rotatable bonds is 8. The summed E-state index contributed by atoms with van der Waals surface area (Å²) in [6.07, 6.45) is 10.6. The van der Waals surface area contributed by atoms with Crippen molar-refractivity contribution in [3.8, 4) is 23.0 Å². The molecule has 5 heterocycles. The minimum atomic E-state index is 0.755. The molecular weight excluding hydrogens is 709 g/mol. The standard InChI is InChI=1S/C49H40N4O4/c1-53-29-34-28-45(53)49(33-13-9-17-38(27-33)57-5)44-23-22-43(52-44)48(32-12-8-16-37(26-32)56-4)42-21-20-41(51-42)47(31-11-7-15-36(25-31)55-3)40-19-18-39(50-40)46(34)30-10-6-14-35(24-30)54-2/h6-29,51H,1-5H3. The Morgan fingerprint density at radius 1 is 0.439 bits per heavy atom. The van der Waals surface area contributed by atoms with E-state index < -0.39 is 0 Å². The lowest BCUT2D eigenvalue weighted by atomic mass is 9.95. The first-order chi connectivity index (χ1) is 27.9. The molecule has 0 spiro atoms. The number of aromatic nitrogens is 2. The number of nitrogens with one attached hydrogen (secondary N) is 1. The van der Waals surface area contributed by atoms with Crippen LogP contribution in [0.3, 0.4) is 0 Å². The lowest BCUT2D eigenvalue weighted by Gasteiger charge is -2.13. The number of hydrogen-bond acceptors (Lipinski definition) is 6. The van der Waals surface area contributed by atoms with Crippen molar-refractivity contribution < 1.29 is 18.9 Å². The molecule has 0 unspecified atom stereocenters. The van der Waals surface area contributed by atoms with Gasteiger partial charge in [-0.3, -0.25) is 0 Å². The zero-order chi connectivity index (χ0) is 39.0. The van der Waals surface area contributed by atoms with Crippen molar-refractivity contribution >= 4 is 33.7 Å². The van der Waals surface area contributed by atoms with Gasteiger partial charge in [0.2, 0.25) is 0 Å². The molecule has 57 heavy (non-hydrogen) atoms. The van der Waals surface area contributed by atoms with E-state index >= 15 is 0 Å². The number of ether oxygens (including phenoxy) is 4. The van der Waals surface area contributed by atoms with Crippen LogP contribution < -0.4 is 29.6 Å². The van der Waals surface area contributed by atoms with Gasteiger partial charge in [-0.05, 0) is 113 Å². The molecule has 1 N–H and O–H groups in total. The predicted molar refractivity (Wildman–Crippen MR) is 228 cm³/mol. The Hall–Kier alpha value is -7.32. The van der Waals surface area contributed by atoms with Gasteiger partial charge in [-0.15, -0.1) is 0 Å². The number of hydrogen-bond donors (Lipinski definition) is 1. The zero-order valence-electron chi connectivity index (χ0n) is 32.3. The second kappa shape index (κ2) is 14.7.